The van der Waals surface area contributed by atoms with E-state index in [1.807, 2.05) is 0 Å². The second-order valence-electron chi connectivity index (χ2n) is 8.86. The fourth-order valence-electron chi connectivity index (χ4n) is 5.40. The molecule has 1 aromatic carbocycles. The molecule has 0 atom stereocenters. The van der Waals surface area contributed by atoms with E-state index in [1.165, 1.54) is 51.0 Å². The monoisotopic (exact) mass is 396 g/mol. The molecule has 0 radical (unpaired) electrons. The maximum Gasteiger partial charge on any atom is 0.573 e. The molecule has 28 heavy (non-hydrogen) atoms. The summed E-state index contributed by atoms with van der Waals surface area (Å²) in [5.74, 6) is 1.46. The lowest BCUT2D eigenvalue weighted by molar-refractivity contribution is -0.275. The van der Waals surface area contributed by atoms with Gasteiger partial charge in [-0.1, -0.05) is 64.0 Å². The summed E-state index contributed by atoms with van der Waals surface area (Å²) in [6.07, 6.45) is 10.6. The van der Waals surface area contributed by atoms with Crippen LogP contribution >= 0.6 is 0 Å². The number of alkyl halides is 3. The van der Waals surface area contributed by atoms with E-state index in [4.69, 9.17) is 0 Å². The quantitative estimate of drug-likeness (QED) is 0.420. The first kappa shape index (κ1) is 21.5. The summed E-state index contributed by atoms with van der Waals surface area (Å²) in [6, 6.07) is 5.36. The van der Waals surface area contributed by atoms with Gasteiger partial charge in [-0.2, -0.15) is 0 Å². The van der Waals surface area contributed by atoms with Crippen molar-refractivity contribution in [3.05, 3.63) is 29.3 Å². The molecule has 0 unspecified atom stereocenters. The number of unbranched alkanes of at least 4 members (excludes halogenated alkanes) is 2. The van der Waals surface area contributed by atoms with E-state index in [0.717, 1.165) is 55.6 Å². The van der Waals surface area contributed by atoms with Gasteiger partial charge >= 0.3 is 6.36 Å². The Kier molecular flexibility index (Phi) is 7.70. The van der Waals surface area contributed by atoms with E-state index in [0.29, 0.717) is 5.92 Å². The van der Waals surface area contributed by atoms with Gasteiger partial charge in [0.15, 0.2) is 0 Å². The fraction of sp³-hybridized carbons (Fsp3) is 0.750. The molecular weight excluding hydrogens is 361 g/mol. The summed E-state index contributed by atoms with van der Waals surface area (Å²) in [5, 5.41) is 0. The average molecular weight is 397 g/mol. The third-order valence-corrected chi connectivity index (χ3v) is 6.84. The fourth-order valence-corrected chi connectivity index (χ4v) is 5.40. The first-order valence-electron chi connectivity index (χ1n) is 11.4. The molecule has 0 spiro atoms. The lowest BCUT2D eigenvalue weighted by Gasteiger charge is -2.33. The molecule has 0 amide bonds. The smallest absolute Gasteiger partial charge is 0.405 e. The number of benzene rings is 1. The maximum atomic E-state index is 13.0. The zero-order valence-electron chi connectivity index (χ0n) is 17.2. The first-order valence-corrected chi connectivity index (χ1v) is 11.4. The maximum absolute atomic E-state index is 13.0. The molecule has 3 rings (SSSR count). The van der Waals surface area contributed by atoms with Gasteiger partial charge in [-0.25, -0.2) is 0 Å². The predicted octanol–water partition coefficient (Wildman–Crippen LogP) is 8.49. The van der Waals surface area contributed by atoms with Crippen molar-refractivity contribution in [1.29, 1.82) is 0 Å². The molecule has 4 heteroatoms. The molecule has 0 aliphatic heterocycles. The highest BCUT2D eigenvalue weighted by molar-refractivity contribution is 5.45. The predicted molar refractivity (Wildman–Crippen MR) is 108 cm³/mol. The lowest BCUT2D eigenvalue weighted by Crippen LogP contribution is -2.21. The zero-order chi connectivity index (χ0) is 20.0. The Labute approximate surface area is 168 Å². The van der Waals surface area contributed by atoms with Crippen molar-refractivity contribution in [2.45, 2.75) is 109 Å². The molecule has 1 aromatic rings. The normalized spacial score (nSPS) is 24.3. The van der Waals surface area contributed by atoms with Gasteiger partial charge in [-0.05, 0) is 67.9 Å². The first-order chi connectivity index (χ1) is 13.5. The van der Waals surface area contributed by atoms with E-state index < -0.39 is 6.36 Å². The Bertz CT molecular complexity index is 596. The molecule has 0 aromatic heterocycles. The highest BCUT2D eigenvalue weighted by Crippen LogP contribution is 2.47. The van der Waals surface area contributed by atoms with Crippen molar-refractivity contribution < 1.29 is 17.9 Å². The summed E-state index contributed by atoms with van der Waals surface area (Å²) < 4.78 is 43.6. The van der Waals surface area contributed by atoms with E-state index in [9.17, 15) is 13.2 Å². The van der Waals surface area contributed by atoms with E-state index in [2.05, 4.69) is 17.7 Å². The van der Waals surface area contributed by atoms with Crippen LogP contribution < -0.4 is 4.74 Å². The van der Waals surface area contributed by atoms with Gasteiger partial charge in [0.2, 0.25) is 0 Å². The van der Waals surface area contributed by atoms with Crippen LogP contribution in [-0.4, -0.2) is 6.36 Å². The van der Waals surface area contributed by atoms with Gasteiger partial charge in [0.05, 0.1) is 0 Å². The minimum absolute atomic E-state index is 0.0574. The summed E-state index contributed by atoms with van der Waals surface area (Å²) in [5.41, 5.74) is 2.01. The van der Waals surface area contributed by atoms with Crippen LogP contribution in [0.15, 0.2) is 18.2 Å². The second kappa shape index (κ2) is 10.0. The van der Waals surface area contributed by atoms with Crippen LogP contribution in [0, 0.1) is 5.92 Å². The lowest BCUT2D eigenvalue weighted by atomic mass is 9.73. The third kappa shape index (κ3) is 5.90. The molecule has 0 N–H and O–H groups in total. The molecule has 2 fully saturated rings. The van der Waals surface area contributed by atoms with Gasteiger partial charge < -0.3 is 4.74 Å². The zero-order valence-corrected chi connectivity index (χ0v) is 17.2. The molecule has 1 nitrogen and oxygen atoms in total. The molecule has 2 saturated carbocycles. The minimum Gasteiger partial charge on any atom is -0.405 e. The topological polar surface area (TPSA) is 9.23 Å². The van der Waals surface area contributed by atoms with Gasteiger partial charge in [0, 0.05) is 5.56 Å². The summed E-state index contributed by atoms with van der Waals surface area (Å²) >= 11 is 0. The van der Waals surface area contributed by atoms with E-state index in [-0.39, 0.29) is 11.7 Å². The number of hydrogen-bond acceptors (Lipinski definition) is 1. The SMILES string of the molecule is CCCCCC1CCC(c2cccc(OC(F)(F)F)c2C2CCCCC2)CC1. The van der Waals surface area contributed by atoms with Crippen molar-refractivity contribution in [1.82, 2.24) is 0 Å². The molecule has 158 valence electrons. The summed E-state index contributed by atoms with van der Waals surface area (Å²) in [6.45, 7) is 2.24. The Morgan fingerprint density at radius 2 is 1.61 bits per heavy atom. The molecule has 2 aliphatic rings. The van der Waals surface area contributed by atoms with Crippen LogP contribution in [0.3, 0.4) is 0 Å². The Morgan fingerprint density at radius 3 is 2.25 bits per heavy atom. The van der Waals surface area contributed by atoms with Gasteiger partial charge in [-0.3, -0.25) is 0 Å². The largest absolute Gasteiger partial charge is 0.573 e. The van der Waals surface area contributed by atoms with Crippen LogP contribution in [0.1, 0.15) is 113 Å². The van der Waals surface area contributed by atoms with Crippen molar-refractivity contribution in [2.24, 2.45) is 5.92 Å². The van der Waals surface area contributed by atoms with Gasteiger partial charge in [0.25, 0.3) is 0 Å². The van der Waals surface area contributed by atoms with Crippen LogP contribution in [0.25, 0.3) is 0 Å². The van der Waals surface area contributed by atoms with Crippen molar-refractivity contribution >= 4 is 0 Å². The van der Waals surface area contributed by atoms with E-state index >= 15 is 0 Å². The van der Waals surface area contributed by atoms with Crippen LogP contribution in [0.4, 0.5) is 13.2 Å². The number of halogens is 3. The number of rotatable bonds is 7. The molecule has 0 heterocycles. The van der Waals surface area contributed by atoms with Gasteiger partial charge in [0.1, 0.15) is 5.75 Å². The van der Waals surface area contributed by atoms with Crippen LogP contribution in [0.2, 0.25) is 0 Å². The molecular formula is C24H35F3O. The van der Waals surface area contributed by atoms with Crippen molar-refractivity contribution in [2.75, 3.05) is 0 Å². The van der Waals surface area contributed by atoms with Crippen molar-refractivity contribution in [3.8, 4) is 5.75 Å². The van der Waals surface area contributed by atoms with Crippen LogP contribution in [-0.2, 0) is 0 Å². The molecule has 2 aliphatic carbocycles. The highest BCUT2D eigenvalue weighted by atomic mass is 19.4. The van der Waals surface area contributed by atoms with E-state index in [1.54, 1.807) is 6.07 Å². The third-order valence-electron chi connectivity index (χ3n) is 6.84. The highest BCUT2D eigenvalue weighted by Gasteiger charge is 2.35. The average Bonchev–Trinajstić information content (AvgIpc) is 2.68. The van der Waals surface area contributed by atoms with Gasteiger partial charge in [-0.15, -0.1) is 13.2 Å². The molecule has 0 bridgehead atoms. The summed E-state index contributed by atoms with van der Waals surface area (Å²) in [4.78, 5) is 0. The Morgan fingerprint density at radius 1 is 0.893 bits per heavy atom. The Balaban J connectivity index is 1.77. The molecule has 0 saturated heterocycles. The number of hydrogen-bond donors (Lipinski definition) is 0. The van der Waals surface area contributed by atoms with Crippen molar-refractivity contribution in [3.63, 3.8) is 0 Å². The van der Waals surface area contributed by atoms with Crippen LogP contribution in [0.5, 0.6) is 5.75 Å². The number of ether oxygens (including phenoxy) is 1. The standard InChI is InChI=1S/C24H35F3O/c1-2-3-5-9-18-14-16-19(17-15-18)21-12-8-13-22(28-24(25,26)27)23(21)20-10-6-4-7-11-20/h8,12-13,18-20H,2-7,9-11,14-17H2,1H3. The summed E-state index contributed by atoms with van der Waals surface area (Å²) in [7, 11) is 0. The minimum atomic E-state index is -4.63. The second-order valence-corrected chi connectivity index (χ2v) is 8.86. The Hall–Kier alpha value is -1.19.